The molecule has 3 aromatic rings. The van der Waals surface area contributed by atoms with E-state index in [9.17, 15) is 9.59 Å². The zero-order valence-corrected chi connectivity index (χ0v) is 16.7. The molecule has 2 N–H and O–H groups in total. The Labute approximate surface area is 172 Å². The van der Waals surface area contributed by atoms with E-state index >= 15 is 0 Å². The third-order valence-corrected chi connectivity index (χ3v) is 4.40. The molecule has 0 saturated carbocycles. The van der Waals surface area contributed by atoms with E-state index in [1.807, 2.05) is 24.3 Å². The molecular formula is C21H19ClN4O3. The molecule has 0 spiro atoms. The molecule has 8 heteroatoms. The van der Waals surface area contributed by atoms with E-state index in [4.69, 9.17) is 16.3 Å². The van der Waals surface area contributed by atoms with Crippen molar-refractivity contribution in [3.63, 3.8) is 0 Å². The number of halogens is 1. The molecule has 0 radical (unpaired) electrons. The standard InChI is InChI=1S/C21H19ClN4O3/c1-4-20(27)24-15-9-14(22)10-16(11-15)25-21(28)19-12-23-26(13(19)2)17-5-7-18(29-3)8-6-17/h4-12H,1H2,2-3H3,(H,24,27)(H,25,28). The maximum Gasteiger partial charge on any atom is 0.259 e. The molecule has 3 rings (SSSR count). The lowest BCUT2D eigenvalue weighted by Crippen LogP contribution is -2.14. The number of ether oxygens (including phenoxy) is 1. The molecule has 148 valence electrons. The zero-order valence-electron chi connectivity index (χ0n) is 15.9. The van der Waals surface area contributed by atoms with Crippen molar-refractivity contribution in [3.8, 4) is 11.4 Å². The number of aromatic nitrogens is 2. The maximum absolute atomic E-state index is 12.7. The Morgan fingerprint density at radius 3 is 2.41 bits per heavy atom. The first-order valence-corrected chi connectivity index (χ1v) is 9.03. The summed E-state index contributed by atoms with van der Waals surface area (Å²) in [5.74, 6) is 0.0171. The predicted molar refractivity (Wildman–Crippen MR) is 113 cm³/mol. The van der Waals surface area contributed by atoms with Gasteiger partial charge in [0, 0.05) is 16.4 Å². The summed E-state index contributed by atoms with van der Waals surface area (Å²) in [4.78, 5) is 24.2. The fraction of sp³-hybridized carbons (Fsp3) is 0.0952. The van der Waals surface area contributed by atoms with Crippen LogP contribution in [-0.2, 0) is 4.79 Å². The van der Waals surface area contributed by atoms with Crippen LogP contribution in [0, 0.1) is 6.92 Å². The molecule has 7 nitrogen and oxygen atoms in total. The average molecular weight is 411 g/mol. The Morgan fingerprint density at radius 2 is 1.79 bits per heavy atom. The van der Waals surface area contributed by atoms with Crippen molar-refractivity contribution in [1.82, 2.24) is 9.78 Å². The molecule has 2 amide bonds. The highest BCUT2D eigenvalue weighted by molar-refractivity contribution is 6.31. The largest absolute Gasteiger partial charge is 0.497 e. The molecule has 1 aromatic heterocycles. The summed E-state index contributed by atoms with van der Waals surface area (Å²) in [7, 11) is 1.60. The highest BCUT2D eigenvalue weighted by Crippen LogP contribution is 2.24. The Bertz CT molecular complexity index is 1070. The molecule has 0 aliphatic carbocycles. The van der Waals surface area contributed by atoms with Gasteiger partial charge in [-0.2, -0.15) is 5.10 Å². The van der Waals surface area contributed by atoms with Crippen molar-refractivity contribution in [2.75, 3.05) is 17.7 Å². The minimum atomic E-state index is -0.374. The van der Waals surface area contributed by atoms with Crippen molar-refractivity contribution in [1.29, 1.82) is 0 Å². The van der Waals surface area contributed by atoms with Crippen LogP contribution in [0.2, 0.25) is 5.02 Å². The number of carbonyl (C=O) groups is 2. The van der Waals surface area contributed by atoms with Gasteiger partial charge in [0.1, 0.15) is 5.75 Å². The number of benzene rings is 2. The van der Waals surface area contributed by atoms with E-state index in [2.05, 4.69) is 22.3 Å². The maximum atomic E-state index is 12.7. The molecule has 0 fully saturated rings. The molecule has 0 unspecified atom stereocenters. The second kappa shape index (κ2) is 8.62. The topological polar surface area (TPSA) is 85.3 Å². The van der Waals surface area contributed by atoms with Crippen molar-refractivity contribution in [3.05, 3.63) is 77.6 Å². The Balaban J connectivity index is 1.82. The fourth-order valence-electron chi connectivity index (χ4n) is 2.74. The predicted octanol–water partition coefficient (Wildman–Crippen LogP) is 4.22. The van der Waals surface area contributed by atoms with Gasteiger partial charge in [0.2, 0.25) is 5.91 Å². The van der Waals surface area contributed by atoms with Crippen LogP contribution in [0.5, 0.6) is 5.75 Å². The monoisotopic (exact) mass is 410 g/mol. The molecule has 0 aliphatic rings. The fourth-order valence-corrected chi connectivity index (χ4v) is 2.98. The summed E-state index contributed by atoms with van der Waals surface area (Å²) in [6.07, 6.45) is 2.65. The van der Waals surface area contributed by atoms with Gasteiger partial charge in [-0.3, -0.25) is 9.59 Å². The molecule has 0 saturated heterocycles. The number of rotatable bonds is 6. The molecule has 1 heterocycles. The number of methoxy groups -OCH3 is 1. The van der Waals surface area contributed by atoms with Crippen LogP contribution >= 0.6 is 11.6 Å². The summed E-state index contributed by atoms with van der Waals surface area (Å²) in [6.45, 7) is 5.21. The van der Waals surface area contributed by atoms with E-state index in [1.54, 1.807) is 36.9 Å². The van der Waals surface area contributed by atoms with Crippen LogP contribution in [0.25, 0.3) is 5.69 Å². The van der Waals surface area contributed by atoms with Crippen LogP contribution in [0.3, 0.4) is 0 Å². The second-order valence-corrected chi connectivity index (χ2v) is 6.57. The number of nitrogens with one attached hydrogen (secondary N) is 2. The van der Waals surface area contributed by atoms with Crippen LogP contribution < -0.4 is 15.4 Å². The number of anilines is 2. The Hall–Kier alpha value is -3.58. The third-order valence-electron chi connectivity index (χ3n) is 4.18. The van der Waals surface area contributed by atoms with E-state index < -0.39 is 0 Å². The van der Waals surface area contributed by atoms with Gasteiger partial charge in [0.15, 0.2) is 0 Å². The molecular weight excluding hydrogens is 392 g/mol. The van der Waals surface area contributed by atoms with E-state index in [0.717, 1.165) is 17.5 Å². The molecule has 0 atom stereocenters. The van der Waals surface area contributed by atoms with Crippen LogP contribution in [0.4, 0.5) is 11.4 Å². The molecule has 29 heavy (non-hydrogen) atoms. The normalized spacial score (nSPS) is 10.3. The number of carbonyl (C=O) groups excluding carboxylic acids is 2. The number of nitrogens with zero attached hydrogens (tertiary/aromatic N) is 2. The molecule has 2 aromatic carbocycles. The minimum absolute atomic E-state index is 0.342. The van der Waals surface area contributed by atoms with Crippen LogP contribution in [0.1, 0.15) is 16.1 Å². The van der Waals surface area contributed by atoms with Gasteiger partial charge in [0.25, 0.3) is 5.91 Å². The van der Waals surface area contributed by atoms with E-state index in [1.165, 1.54) is 6.20 Å². The molecule has 0 aliphatic heterocycles. The Kier molecular flexibility index (Phi) is 5.99. The Morgan fingerprint density at radius 1 is 1.14 bits per heavy atom. The first-order valence-electron chi connectivity index (χ1n) is 8.65. The van der Waals surface area contributed by atoms with Gasteiger partial charge >= 0.3 is 0 Å². The zero-order chi connectivity index (χ0) is 21.0. The van der Waals surface area contributed by atoms with Crippen molar-refractivity contribution < 1.29 is 14.3 Å². The first-order chi connectivity index (χ1) is 13.9. The summed E-state index contributed by atoms with van der Waals surface area (Å²) < 4.78 is 6.83. The lowest BCUT2D eigenvalue weighted by Gasteiger charge is -2.10. The van der Waals surface area contributed by atoms with Crippen molar-refractivity contribution in [2.24, 2.45) is 0 Å². The van der Waals surface area contributed by atoms with Crippen LogP contribution in [-0.4, -0.2) is 28.7 Å². The van der Waals surface area contributed by atoms with Gasteiger partial charge in [0.05, 0.1) is 30.3 Å². The average Bonchev–Trinajstić information content (AvgIpc) is 3.09. The number of amides is 2. The second-order valence-electron chi connectivity index (χ2n) is 6.13. The minimum Gasteiger partial charge on any atom is -0.497 e. The first kappa shape index (κ1) is 20.2. The highest BCUT2D eigenvalue weighted by Gasteiger charge is 2.16. The number of hydrogen-bond acceptors (Lipinski definition) is 4. The van der Waals surface area contributed by atoms with Crippen molar-refractivity contribution in [2.45, 2.75) is 6.92 Å². The lowest BCUT2D eigenvalue weighted by molar-refractivity contribution is -0.111. The van der Waals surface area contributed by atoms with E-state index in [0.29, 0.717) is 27.7 Å². The van der Waals surface area contributed by atoms with E-state index in [-0.39, 0.29) is 11.8 Å². The summed E-state index contributed by atoms with van der Waals surface area (Å²) in [6, 6.07) is 12.1. The number of hydrogen-bond donors (Lipinski definition) is 2. The lowest BCUT2D eigenvalue weighted by atomic mass is 10.2. The van der Waals surface area contributed by atoms with Crippen molar-refractivity contribution >= 4 is 34.8 Å². The van der Waals surface area contributed by atoms with Gasteiger partial charge in [-0.25, -0.2) is 4.68 Å². The highest BCUT2D eigenvalue weighted by atomic mass is 35.5. The molecule has 0 bridgehead atoms. The summed E-state index contributed by atoms with van der Waals surface area (Å²) in [5, 5.41) is 10.1. The van der Waals surface area contributed by atoms with Gasteiger partial charge in [-0.1, -0.05) is 18.2 Å². The third kappa shape index (κ3) is 4.64. The smallest absolute Gasteiger partial charge is 0.259 e. The summed E-state index contributed by atoms with van der Waals surface area (Å²) >= 11 is 6.09. The van der Waals surface area contributed by atoms with Gasteiger partial charge in [-0.05, 0) is 55.5 Å². The van der Waals surface area contributed by atoms with Gasteiger partial charge in [-0.15, -0.1) is 0 Å². The quantitative estimate of drug-likeness (QED) is 0.596. The van der Waals surface area contributed by atoms with Gasteiger partial charge < -0.3 is 15.4 Å². The SMILES string of the molecule is C=CC(=O)Nc1cc(Cl)cc(NC(=O)c2cnn(-c3ccc(OC)cc3)c2C)c1. The van der Waals surface area contributed by atoms with Crippen LogP contribution in [0.15, 0.2) is 61.3 Å². The summed E-state index contributed by atoms with van der Waals surface area (Å²) in [5.41, 5.74) is 2.79.